The van der Waals surface area contributed by atoms with Crippen molar-refractivity contribution in [1.82, 2.24) is 0 Å². The Hall–Kier alpha value is -4.39. The SMILES string of the molecule is CC1(c2ccc(O)cc2)COc2cc(O)ccc2C1c1ccc(C[C@H](N)C(=O)OCCCCCCC(CCCC(F)(F)C(F)(F)F)C(=O)O)cc1. The van der Waals surface area contributed by atoms with Gasteiger partial charge in [0.2, 0.25) is 0 Å². The first-order valence-electron chi connectivity index (χ1n) is 17.0. The third-order valence-corrected chi connectivity index (χ3v) is 9.57. The van der Waals surface area contributed by atoms with E-state index in [9.17, 15) is 46.9 Å². The van der Waals surface area contributed by atoms with Crippen LogP contribution in [0, 0.1) is 5.92 Å². The number of phenolic OH excluding ortho intramolecular Hbond substituents is 2. The second-order valence-corrected chi connectivity index (χ2v) is 13.5. The molecule has 0 radical (unpaired) electrons. The number of hydrogen-bond acceptors (Lipinski definition) is 7. The van der Waals surface area contributed by atoms with Crippen molar-refractivity contribution in [2.45, 2.75) is 94.2 Å². The number of halogens is 5. The van der Waals surface area contributed by atoms with Crippen LogP contribution in [-0.2, 0) is 26.2 Å². The van der Waals surface area contributed by atoms with Crippen molar-refractivity contribution in [3.63, 3.8) is 0 Å². The van der Waals surface area contributed by atoms with Gasteiger partial charge in [0.25, 0.3) is 0 Å². The highest BCUT2D eigenvalue weighted by Crippen LogP contribution is 2.50. The summed E-state index contributed by atoms with van der Waals surface area (Å²) >= 11 is 0. The second-order valence-electron chi connectivity index (χ2n) is 13.5. The maximum Gasteiger partial charge on any atom is 0.453 e. The van der Waals surface area contributed by atoms with Crippen molar-refractivity contribution < 1.29 is 56.3 Å². The number of carbonyl (C=O) groups is 2. The van der Waals surface area contributed by atoms with Crippen LogP contribution in [-0.4, -0.2) is 58.6 Å². The number of esters is 1. The fourth-order valence-corrected chi connectivity index (χ4v) is 6.59. The van der Waals surface area contributed by atoms with Crippen LogP contribution in [0.5, 0.6) is 17.2 Å². The minimum Gasteiger partial charge on any atom is -0.508 e. The molecule has 1 heterocycles. The Balaban J connectivity index is 1.24. The van der Waals surface area contributed by atoms with E-state index in [1.165, 1.54) is 0 Å². The molecule has 0 fully saturated rings. The molecule has 5 N–H and O–H groups in total. The molecule has 0 aliphatic carbocycles. The lowest BCUT2D eigenvalue weighted by Crippen LogP contribution is -2.41. The molecule has 0 spiro atoms. The van der Waals surface area contributed by atoms with Crippen LogP contribution in [0.3, 0.4) is 0 Å². The van der Waals surface area contributed by atoms with Gasteiger partial charge < -0.3 is 30.5 Å². The minimum absolute atomic E-state index is 0.0959. The first-order chi connectivity index (χ1) is 24.0. The molecule has 8 nitrogen and oxygen atoms in total. The van der Waals surface area contributed by atoms with Gasteiger partial charge in [0.15, 0.2) is 0 Å². The lowest BCUT2D eigenvalue weighted by molar-refractivity contribution is -0.284. The van der Waals surface area contributed by atoms with Crippen molar-refractivity contribution in [1.29, 1.82) is 0 Å². The zero-order chi connectivity index (χ0) is 37.4. The molecule has 0 bridgehead atoms. The Kier molecular flexibility index (Phi) is 12.9. The molecule has 13 heteroatoms. The predicted molar refractivity (Wildman–Crippen MR) is 179 cm³/mol. The maximum atomic E-state index is 13.1. The van der Waals surface area contributed by atoms with E-state index < -0.39 is 54.3 Å². The highest BCUT2D eigenvalue weighted by atomic mass is 19.4. The van der Waals surface area contributed by atoms with E-state index in [0.29, 0.717) is 38.0 Å². The van der Waals surface area contributed by atoms with Crippen LogP contribution in [0.2, 0.25) is 0 Å². The van der Waals surface area contributed by atoms with Gasteiger partial charge in [0, 0.05) is 29.4 Å². The third-order valence-electron chi connectivity index (χ3n) is 9.57. The number of rotatable bonds is 17. The van der Waals surface area contributed by atoms with E-state index in [1.54, 1.807) is 24.3 Å². The van der Waals surface area contributed by atoms with Gasteiger partial charge >= 0.3 is 24.0 Å². The number of benzene rings is 3. The van der Waals surface area contributed by atoms with Crippen molar-refractivity contribution in [2.24, 2.45) is 11.7 Å². The fraction of sp³-hybridized carbons (Fsp3) is 0.474. The van der Waals surface area contributed by atoms with E-state index in [1.807, 2.05) is 42.5 Å². The molecule has 4 atom stereocenters. The maximum absolute atomic E-state index is 13.1. The molecule has 0 aromatic heterocycles. The number of aromatic hydroxyl groups is 2. The van der Waals surface area contributed by atoms with Crippen LogP contribution in [0.1, 0.15) is 86.5 Å². The summed E-state index contributed by atoms with van der Waals surface area (Å²) in [5.41, 5.74) is 9.31. The molecule has 3 aromatic rings. The summed E-state index contributed by atoms with van der Waals surface area (Å²) in [6, 6.07) is 18.9. The van der Waals surface area contributed by atoms with E-state index >= 15 is 0 Å². The summed E-state index contributed by atoms with van der Waals surface area (Å²) in [5.74, 6) is -6.98. The topological polar surface area (TPSA) is 139 Å². The van der Waals surface area contributed by atoms with Gasteiger partial charge in [-0.1, -0.05) is 68.7 Å². The highest BCUT2D eigenvalue weighted by Gasteiger charge is 2.56. The van der Waals surface area contributed by atoms with Gasteiger partial charge in [0.1, 0.15) is 23.3 Å². The van der Waals surface area contributed by atoms with Gasteiger partial charge in [-0.2, -0.15) is 22.0 Å². The van der Waals surface area contributed by atoms with Crippen molar-refractivity contribution in [3.05, 3.63) is 89.0 Å². The predicted octanol–water partition coefficient (Wildman–Crippen LogP) is 8.01. The van der Waals surface area contributed by atoms with Gasteiger partial charge in [-0.15, -0.1) is 0 Å². The lowest BCUT2D eigenvalue weighted by atomic mass is 9.65. The summed E-state index contributed by atoms with van der Waals surface area (Å²) in [7, 11) is 0. The van der Waals surface area contributed by atoms with Gasteiger partial charge in [-0.25, -0.2) is 0 Å². The monoisotopic (exact) mass is 721 g/mol. The third kappa shape index (κ3) is 10.1. The van der Waals surface area contributed by atoms with E-state index in [-0.39, 0.29) is 43.3 Å². The number of aliphatic carboxylic acids is 1. The number of alkyl halides is 5. The Bertz CT molecular complexity index is 1610. The number of unbranched alkanes of at least 4 members (excludes halogenated alkanes) is 3. The number of fused-ring (bicyclic) bond motifs is 1. The second kappa shape index (κ2) is 16.8. The quantitative estimate of drug-likeness (QED) is 0.0625. The zero-order valence-electron chi connectivity index (χ0n) is 28.3. The molecule has 0 amide bonds. The minimum atomic E-state index is -5.66. The highest BCUT2D eigenvalue weighted by molar-refractivity contribution is 5.76. The molecule has 278 valence electrons. The summed E-state index contributed by atoms with van der Waals surface area (Å²) in [6.45, 7) is 2.53. The summed E-state index contributed by atoms with van der Waals surface area (Å²) in [5, 5.41) is 29.3. The normalized spacial score (nSPS) is 18.7. The number of carboxylic acids is 1. The first-order valence-corrected chi connectivity index (χ1v) is 17.0. The number of hydrogen-bond donors (Lipinski definition) is 4. The molecular formula is C38H44F5NO7. The number of nitrogens with two attached hydrogens (primary N) is 1. The number of carbonyl (C=O) groups excluding carboxylic acids is 1. The summed E-state index contributed by atoms with van der Waals surface area (Å²) in [4.78, 5) is 24.0. The molecule has 51 heavy (non-hydrogen) atoms. The zero-order valence-corrected chi connectivity index (χ0v) is 28.3. The van der Waals surface area contributed by atoms with Gasteiger partial charge in [-0.3, -0.25) is 9.59 Å². The van der Waals surface area contributed by atoms with Crippen LogP contribution >= 0.6 is 0 Å². The molecular weight excluding hydrogens is 677 g/mol. The molecule has 3 unspecified atom stereocenters. The average Bonchev–Trinajstić information content (AvgIpc) is 3.07. The number of carboxylic acid groups (broad SMARTS) is 1. The van der Waals surface area contributed by atoms with Crippen LogP contribution in [0.15, 0.2) is 66.7 Å². The largest absolute Gasteiger partial charge is 0.508 e. The fourth-order valence-electron chi connectivity index (χ4n) is 6.59. The van der Waals surface area contributed by atoms with Crippen molar-refractivity contribution in [2.75, 3.05) is 13.2 Å². The Morgan fingerprint density at radius 2 is 1.53 bits per heavy atom. The number of ether oxygens (including phenoxy) is 2. The van der Waals surface area contributed by atoms with Crippen molar-refractivity contribution in [3.8, 4) is 17.2 Å². The standard InChI is InChI=1S/C38H44F5NO7/c1-36(27-13-15-28(45)16-14-27)23-51-32-22-29(46)17-18-30(32)33(36)25-11-9-24(10-12-25)21-31(44)35(49)50-20-5-3-2-4-7-26(34(47)48)8-6-19-37(39,40)38(41,42)43/h9-18,22,26,31,33,45-46H,2-8,19-21,23,44H2,1H3,(H,47,48)/t26?,31-,33?,36?/m0/s1. The van der Waals surface area contributed by atoms with E-state index in [2.05, 4.69) is 6.92 Å². The molecule has 0 saturated heterocycles. The van der Waals surface area contributed by atoms with Gasteiger partial charge in [0.05, 0.1) is 19.1 Å². The first kappa shape index (κ1) is 39.4. The lowest BCUT2D eigenvalue weighted by Gasteiger charge is -2.43. The molecule has 1 aliphatic heterocycles. The molecule has 3 aromatic carbocycles. The summed E-state index contributed by atoms with van der Waals surface area (Å²) in [6.07, 6.45) is -5.44. The van der Waals surface area contributed by atoms with Crippen LogP contribution in [0.4, 0.5) is 22.0 Å². The Labute approximate surface area is 293 Å². The molecule has 4 rings (SSSR count). The van der Waals surface area contributed by atoms with E-state index in [0.717, 1.165) is 22.3 Å². The molecule has 1 aliphatic rings. The smallest absolute Gasteiger partial charge is 0.453 e. The Morgan fingerprint density at radius 1 is 0.902 bits per heavy atom. The van der Waals surface area contributed by atoms with Crippen LogP contribution in [0.25, 0.3) is 0 Å². The number of phenols is 2. The van der Waals surface area contributed by atoms with Gasteiger partial charge in [-0.05, 0) is 67.0 Å². The molecule has 0 saturated carbocycles. The van der Waals surface area contributed by atoms with Crippen molar-refractivity contribution >= 4 is 11.9 Å². The summed E-state index contributed by atoms with van der Waals surface area (Å²) < 4.78 is 74.6. The Morgan fingerprint density at radius 3 is 2.18 bits per heavy atom. The average molecular weight is 722 g/mol. The van der Waals surface area contributed by atoms with Crippen LogP contribution < -0.4 is 10.5 Å². The van der Waals surface area contributed by atoms with E-state index in [4.69, 9.17) is 15.2 Å².